The molecule has 0 aliphatic carbocycles. The van der Waals surface area contributed by atoms with Gasteiger partial charge in [-0.1, -0.05) is 95.0 Å². The fraction of sp³-hybridized carbons (Fsp3) is 0.491. The number of carbonyl (C=O) groups is 5. The predicted octanol–water partition coefficient (Wildman–Crippen LogP) is 8.21. The van der Waals surface area contributed by atoms with Crippen molar-refractivity contribution in [3.8, 4) is 16.2 Å². The van der Waals surface area contributed by atoms with E-state index in [1.54, 1.807) is 46.0 Å². The van der Waals surface area contributed by atoms with Gasteiger partial charge in [0.15, 0.2) is 0 Å². The Balaban J connectivity index is 0.828. The molecule has 3 heterocycles. The van der Waals surface area contributed by atoms with E-state index in [-0.39, 0.29) is 49.7 Å². The Hall–Kier alpha value is -6.70. The molecule has 1 saturated heterocycles. The quantitative estimate of drug-likeness (QED) is 0.0167. The van der Waals surface area contributed by atoms with Gasteiger partial charge in [0.05, 0.1) is 34.5 Å². The number of aryl methyl sites for hydroxylation is 3. The van der Waals surface area contributed by atoms with Crippen LogP contribution in [0.15, 0.2) is 84.5 Å². The number of aliphatic hydroxyl groups is 1. The van der Waals surface area contributed by atoms with E-state index in [1.165, 1.54) is 4.90 Å². The van der Waals surface area contributed by atoms with Crippen LogP contribution in [0.1, 0.15) is 131 Å². The first-order chi connectivity index (χ1) is 35.6. The van der Waals surface area contributed by atoms with Gasteiger partial charge >= 0.3 is 6.03 Å². The SMILES string of the molecule is CCCCN(Cc1ccc(C(=O)NO)cc1)C(=O)Nc1ccc(OCCCCCCCn2cc(CCCCC(=O)NC(C(=O)N3CC(O)CC3C(=O)NCc3ccc(-c4scnc4C)cc3)C(C)(C)C)nn2)cc1. The van der Waals surface area contributed by atoms with Gasteiger partial charge in [-0.05, 0) is 104 Å². The normalized spacial score (nSPS) is 14.8. The number of hydrogen-bond acceptors (Lipinski definition) is 12. The number of nitrogens with zero attached hydrogens (tertiary/aromatic N) is 6. The average molecular weight is 1040 g/mol. The number of benzene rings is 3. The molecule has 3 aromatic carbocycles. The number of hydrogen-bond donors (Lipinski definition) is 6. The lowest BCUT2D eigenvalue weighted by atomic mass is 9.85. The molecule has 1 aliphatic heterocycles. The molecule has 3 atom stereocenters. The molecule has 0 spiro atoms. The van der Waals surface area contributed by atoms with E-state index in [9.17, 15) is 29.1 Å². The number of thiazole rings is 1. The molecule has 1 aliphatic rings. The molecule has 0 bridgehead atoms. The Morgan fingerprint density at radius 2 is 1.61 bits per heavy atom. The minimum Gasteiger partial charge on any atom is -0.494 e. The van der Waals surface area contributed by atoms with Crippen LogP contribution in [0.3, 0.4) is 0 Å². The first kappa shape index (κ1) is 56.6. The molecule has 19 heteroatoms. The maximum atomic E-state index is 14.0. The number of anilines is 1. The summed E-state index contributed by atoms with van der Waals surface area (Å²) in [7, 11) is 0. The van der Waals surface area contributed by atoms with Crippen molar-refractivity contribution < 1.29 is 39.0 Å². The predicted molar refractivity (Wildman–Crippen MR) is 284 cm³/mol. The average Bonchev–Trinajstić information content (AvgIpc) is 4.15. The van der Waals surface area contributed by atoms with E-state index in [2.05, 4.69) is 38.2 Å². The van der Waals surface area contributed by atoms with Crippen LogP contribution in [-0.2, 0) is 40.4 Å². The second kappa shape index (κ2) is 28.1. The van der Waals surface area contributed by atoms with Crippen molar-refractivity contribution in [1.82, 2.24) is 45.9 Å². The summed E-state index contributed by atoms with van der Waals surface area (Å²) in [6.07, 6.45) is 10.3. The number of aromatic nitrogens is 4. The number of hydroxylamine groups is 1. The van der Waals surface area contributed by atoms with E-state index in [1.807, 2.05) is 92.6 Å². The summed E-state index contributed by atoms with van der Waals surface area (Å²) in [5.74, 6) is -0.831. The Morgan fingerprint density at radius 1 is 0.892 bits per heavy atom. The summed E-state index contributed by atoms with van der Waals surface area (Å²) in [5.41, 5.74) is 8.46. The summed E-state index contributed by atoms with van der Waals surface area (Å²) in [4.78, 5) is 74.2. The van der Waals surface area contributed by atoms with E-state index >= 15 is 0 Å². The number of β-amino-alcohol motifs (C(OH)–C–C–N with tert-alkyl or cyclic N) is 1. The van der Waals surface area contributed by atoms with Crippen LogP contribution in [0.5, 0.6) is 5.75 Å². The van der Waals surface area contributed by atoms with Gasteiger partial charge in [-0.15, -0.1) is 16.4 Å². The van der Waals surface area contributed by atoms with Gasteiger partial charge in [-0.25, -0.2) is 15.3 Å². The van der Waals surface area contributed by atoms with Crippen LogP contribution in [0.4, 0.5) is 10.5 Å². The first-order valence-electron chi connectivity index (χ1n) is 25.9. The highest BCUT2D eigenvalue weighted by atomic mass is 32.1. The van der Waals surface area contributed by atoms with Gasteiger partial charge in [0.1, 0.15) is 17.8 Å². The van der Waals surface area contributed by atoms with Gasteiger partial charge in [0, 0.05) is 63.0 Å². The van der Waals surface area contributed by atoms with Crippen LogP contribution >= 0.6 is 11.3 Å². The van der Waals surface area contributed by atoms with Gasteiger partial charge in [-0.3, -0.25) is 29.1 Å². The van der Waals surface area contributed by atoms with Gasteiger partial charge < -0.3 is 35.6 Å². The lowest BCUT2D eigenvalue weighted by molar-refractivity contribution is -0.144. The second-order valence-electron chi connectivity index (χ2n) is 20.1. The zero-order valence-electron chi connectivity index (χ0n) is 43.5. The van der Waals surface area contributed by atoms with Crippen molar-refractivity contribution in [2.24, 2.45) is 5.41 Å². The molecule has 74 heavy (non-hydrogen) atoms. The third kappa shape index (κ3) is 17.2. The summed E-state index contributed by atoms with van der Waals surface area (Å²) in [6, 6.07) is 20.1. The van der Waals surface area contributed by atoms with Crippen LogP contribution in [0, 0.1) is 12.3 Å². The molecule has 3 unspecified atom stereocenters. The fourth-order valence-corrected chi connectivity index (χ4v) is 9.56. The summed E-state index contributed by atoms with van der Waals surface area (Å²) < 4.78 is 7.83. The highest BCUT2D eigenvalue weighted by molar-refractivity contribution is 7.13. The van der Waals surface area contributed by atoms with Crippen molar-refractivity contribution in [3.63, 3.8) is 0 Å². The van der Waals surface area contributed by atoms with Crippen LogP contribution in [0.2, 0.25) is 0 Å². The van der Waals surface area contributed by atoms with Crippen molar-refractivity contribution in [3.05, 3.63) is 113 Å². The Morgan fingerprint density at radius 3 is 2.30 bits per heavy atom. The minimum atomic E-state index is -0.885. The molecule has 0 saturated carbocycles. The Bertz CT molecular complexity index is 2580. The number of rotatable bonds is 27. The molecular weight excluding hydrogens is 961 g/mol. The number of likely N-dealkylation sites (tertiary alicyclic amines) is 1. The van der Waals surface area contributed by atoms with E-state index in [4.69, 9.17) is 9.94 Å². The zero-order valence-corrected chi connectivity index (χ0v) is 44.3. The number of ether oxygens (including phenoxy) is 1. The molecule has 1 fully saturated rings. The van der Waals surface area contributed by atoms with Crippen molar-refractivity contribution >= 4 is 46.7 Å². The fourth-order valence-electron chi connectivity index (χ4n) is 8.75. The molecule has 398 valence electrons. The van der Waals surface area contributed by atoms with E-state index in [0.29, 0.717) is 43.8 Å². The number of carbonyl (C=O) groups excluding carboxylic acids is 5. The van der Waals surface area contributed by atoms with Crippen LogP contribution in [0.25, 0.3) is 10.4 Å². The van der Waals surface area contributed by atoms with E-state index < -0.39 is 29.5 Å². The Kier molecular flexibility index (Phi) is 21.5. The van der Waals surface area contributed by atoms with Gasteiger partial charge in [0.2, 0.25) is 17.7 Å². The minimum absolute atomic E-state index is 0.0147. The number of aliphatic hydroxyl groups excluding tert-OH is 1. The lowest BCUT2D eigenvalue weighted by Crippen LogP contribution is -2.57. The highest BCUT2D eigenvalue weighted by Crippen LogP contribution is 2.29. The molecule has 0 radical (unpaired) electrons. The topological polar surface area (TPSA) is 233 Å². The van der Waals surface area contributed by atoms with E-state index in [0.717, 1.165) is 96.6 Å². The molecule has 6 amide bonds. The summed E-state index contributed by atoms with van der Waals surface area (Å²) in [5, 5.41) is 37.0. The molecule has 5 aromatic rings. The molecule has 6 rings (SSSR count). The number of amides is 6. The third-order valence-corrected chi connectivity index (χ3v) is 14.0. The van der Waals surface area contributed by atoms with Gasteiger partial charge in [-0.2, -0.15) is 0 Å². The molecular formula is C55H74N10O8S. The van der Waals surface area contributed by atoms with Crippen LogP contribution in [-0.4, -0.2) is 108 Å². The molecule has 18 nitrogen and oxygen atoms in total. The number of nitrogens with one attached hydrogen (secondary N) is 4. The monoisotopic (exact) mass is 1030 g/mol. The summed E-state index contributed by atoms with van der Waals surface area (Å²) >= 11 is 1.58. The largest absolute Gasteiger partial charge is 0.494 e. The lowest BCUT2D eigenvalue weighted by Gasteiger charge is -2.35. The van der Waals surface area contributed by atoms with Crippen molar-refractivity contribution in [2.75, 3.05) is 25.0 Å². The van der Waals surface area contributed by atoms with Gasteiger partial charge in [0.25, 0.3) is 5.91 Å². The smallest absolute Gasteiger partial charge is 0.322 e. The third-order valence-electron chi connectivity index (χ3n) is 13.1. The maximum Gasteiger partial charge on any atom is 0.322 e. The highest BCUT2D eigenvalue weighted by Gasteiger charge is 2.44. The molecule has 6 N–H and O–H groups in total. The summed E-state index contributed by atoms with van der Waals surface area (Å²) in [6.45, 7) is 12.3. The van der Waals surface area contributed by atoms with Crippen LogP contribution < -0.4 is 26.2 Å². The maximum absolute atomic E-state index is 14.0. The number of urea groups is 1. The standard InChI is InChI=1S/C55H74N10O8S/c1-6-7-29-63(34-40-19-23-42(24-20-40)51(68)61-72)54(71)58-43-25-27-46(28-26-43)73-31-14-10-8-9-13-30-64-35-44(60-62-64)15-11-12-16-48(67)59-50(55(3,4)5)53(70)65-36-45(66)32-47(65)52(69)56-33-39-17-21-41(22-18-39)49-38(2)57-37-74-49/h17-28,35,37,45,47,50,66,72H,6-16,29-34,36H2,1-5H3,(H,56,69)(H,58,71)(H,59,67)(H,61,68). The first-order valence-corrected chi connectivity index (χ1v) is 26.8. The molecule has 2 aromatic heterocycles. The zero-order chi connectivity index (χ0) is 53.0. The van der Waals surface area contributed by atoms with Crippen molar-refractivity contribution in [1.29, 1.82) is 0 Å². The number of unbranched alkanes of at least 4 members (excludes halogenated alkanes) is 6. The van der Waals surface area contributed by atoms with Crippen molar-refractivity contribution in [2.45, 2.75) is 149 Å². The Labute approximate surface area is 438 Å². The second-order valence-corrected chi connectivity index (χ2v) is 21.0.